The molecule has 30 heavy (non-hydrogen) atoms. The quantitative estimate of drug-likeness (QED) is 0.662. The van der Waals surface area contributed by atoms with Crippen molar-refractivity contribution in [2.24, 2.45) is 0 Å². The molecule has 0 radical (unpaired) electrons. The molecule has 0 atom stereocenters. The third-order valence-electron chi connectivity index (χ3n) is 6.37. The van der Waals surface area contributed by atoms with Crippen LogP contribution in [0, 0.1) is 0 Å². The van der Waals surface area contributed by atoms with Crippen molar-refractivity contribution >= 4 is 0 Å². The van der Waals surface area contributed by atoms with Gasteiger partial charge in [-0.3, -0.25) is 9.59 Å². The molecule has 0 aromatic carbocycles. The van der Waals surface area contributed by atoms with E-state index in [4.69, 9.17) is 0 Å². The fourth-order valence-electron chi connectivity index (χ4n) is 3.73. The number of aromatic amines is 2. The number of H-pyrrole nitrogens is 2. The van der Waals surface area contributed by atoms with Gasteiger partial charge in [0.1, 0.15) is 0 Å². The van der Waals surface area contributed by atoms with Crippen LogP contribution in [0.1, 0.15) is 104 Å². The monoisotopic (exact) mass is 412 g/mol. The van der Waals surface area contributed by atoms with Crippen LogP contribution in [0.4, 0.5) is 0 Å². The van der Waals surface area contributed by atoms with E-state index in [0.29, 0.717) is 0 Å². The van der Waals surface area contributed by atoms with Gasteiger partial charge in [-0.05, 0) is 57.8 Å². The van der Waals surface area contributed by atoms with E-state index in [1.165, 1.54) is 0 Å². The first-order valence-corrected chi connectivity index (χ1v) is 10.9. The zero-order chi connectivity index (χ0) is 23.1. The Morgan fingerprint density at radius 3 is 1.17 bits per heavy atom. The van der Waals surface area contributed by atoms with E-state index in [9.17, 15) is 9.59 Å². The maximum absolute atomic E-state index is 12.6. The molecule has 0 bridgehead atoms. The van der Waals surface area contributed by atoms with Crippen molar-refractivity contribution in [3.63, 3.8) is 0 Å². The number of pyridine rings is 2. The van der Waals surface area contributed by atoms with E-state index in [1.807, 2.05) is 12.4 Å². The van der Waals surface area contributed by atoms with Crippen LogP contribution in [0.25, 0.3) is 0 Å². The zero-order valence-electron chi connectivity index (χ0n) is 20.5. The van der Waals surface area contributed by atoms with Gasteiger partial charge >= 0.3 is 0 Å². The second-order valence-corrected chi connectivity index (χ2v) is 12.0. The van der Waals surface area contributed by atoms with Gasteiger partial charge < -0.3 is 9.97 Å². The van der Waals surface area contributed by atoms with Gasteiger partial charge in [0, 0.05) is 23.5 Å². The number of nitrogens with one attached hydrogen (secondary N) is 2. The molecule has 4 heteroatoms. The van der Waals surface area contributed by atoms with E-state index in [1.54, 1.807) is 0 Å². The lowest BCUT2D eigenvalue weighted by atomic mass is 9.72. The summed E-state index contributed by atoms with van der Waals surface area (Å²) in [6.45, 7) is 21.4. The van der Waals surface area contributed by atoms with Gasteiger partial charge in [-0.2, -0.15) is 0 Å². The van der Waals surface area contributed by atoms with Crippen LogP contribution < -0.4 is 11.1 Å². The Morgan fingerprint density at radius 1 is 0.600 bits per heavy atom. The molecule has 2 N–H and O–H groups in total. The maximum atomic E-state index is 12.6. The maximum Gasteiger partial charge on any atom is 0.251 e. The molecule has 4 nitrogen and oxygen atoms in total. The molecule has 2 aromatic rings. The first-order valence-electron chi connectivity index (χ1n) is 10.9. The molecule has 0 saturated carbocycles. The highest BCUT2D eigenvalue weighted by Gasteiger charge is 2.32. The fourth-order valence-corrected chi connectivity index (χ4v) is 3.73. The summed E-state index contributed by atoms with van der Waals surface area (Å²) in [7, 11) is 0. The third-order valence-corrected chi connectivity index (χ3v) is 6.37. The van der Waals surface area contributed by atoms with Crippen LogP contribution in [0.2, 0.25) is 0 Å². The predicted octanol–water partition coefficient (Wildman–Crippen LogP) is 5.69. The summed E-state index contributed by atoms with van der Waals surface area (Å²) in [6.07, 6.45) is 5.25. The van der Waals surface area contributed by atoms with Crippen LogP contribution in [0.5, 0.6) is 0 Å². The van der Waals surface area contributed by atoms with E-state index in [0.717, 1.165) is 35.1 Å². The van der Waals surface area contributed by atoms with Crippen molar-refractivity contribution in [2.75, 3.05) is 0 Å². The summed E-state index contributed by atoms with van der Waals surface area (Å²) in [4.78, 5) is 31.1. The normalized spacial score (nSPS) is 13.5. The average molecular weight is 413 g/mol. The standard InChI is InChI=1S/C26H40N2O2/c1-23(2,3)17-13-19(21(29)27-15-17)25(7,8)11-12-26(9,10)20-14-18(24(4,5)6)16-28-22(20)30/h13-16H,11-12H2,1-10H3,(H,27,29)(H,28,30). The van der Waals surface area contributed by atoms with Gasteiger partial charge in [-0.15, -0.1) is 0 Å². The van der Waals surface area contributed by atoms with E-state index in [2.05, 4.69) is 91.3 Å². The second kappa shape index (κ2) is 7.86. The summed E-state index contributed by atoms with van der Waals surface area (Å²) in [6, 6.07) is 4.11. The van der Waals surface area contributed by atoms with E-state index in [-0.39, 0.29) is 32.8 Å². The van der Waals surface area contributed by atoms with E-state index < -0.39 is 0 Å². The Hall–Kier alpha value is -2.10. The van der Waals surface area contributed by atoms with Crippen molar-refractivity contribution in [1.82, 2.24) is 9.97 Å². The molecule has 166 valence electrons. The van der Waals surface area contributed by atoms with Crippen LogP contribution in [-0.2, 0) is 21.7 Å². The first-order chi connectivity index (χ1) is 13.4. The fraction of sp³-hybridized carbons (Fsp3) is 0.615. The molecule has 2 aromatic heterocycles. The second-order valence-electron chi connectivity index (χ2n) is 12.0. The summed E-state index contributed by atoms with van der Waals surface area (Å²) >= 11 is 0. The molecule has 0 saturated heterocycles. The Bertz CT molecular complexity index is 925. The summed E-state index contributed by atoms with van der Waals surface area (Å²) in [5.41, 5.74) is 3.13. The number of rotatable bonds is 5. The molecule has 2 rings (SSSR count). The summed E-state index contributed by atoms with van der Waals surface area (Å²) in [5.74, 6) is 0. The first kappa shape index (κ1) is 24.2. The lowest BCUT2D eigenvalue weighted by molar-refractivity contribution is 0.369. The minimum Gasteiger partial charge on any atom is -0.329 e. The smallest absolute Gasteiger partial charge is 0.251 e. The molecular weight excluding hydrogens is 372 g/mol. The van der Waals surface area contributed by atoms with Gasteiger partial charge in [-0.25, -0.2) is 0 Å². The van der Waals surface area contributed by atoms with Crippen molar-refractivity contribution in [1.29, 1.82) is 0 Å². The predicted molar refractivity (Wildman–Crippen MR) is 127 cm³/mol. The highest BCUT2D eigenvalue weighted by Crippen LogP contribution is 2.36. The SMILES string of the molecule is CC(C)(C)c1c[nH]c(=O)c(C(C)(C)CCC(C)(C)c2cc(C(C)(C)C)c[nH]c2=O)c1. The Kier molecular flexibility index (Phi) is 6.34. The van der Waals surface area contributed by atoms with Gasteiger partial charge in [0.2, 0.25) is 0 Å². The van der Waals surface area contributed by atoms with Gasteiger partial charge in [0.15, 0.2) is 0 Å². The van der Waals surface area contributed by atoms with Crippen molar-refractivity contribution in [3.05, 3.63) is 67.5 Å². The molecule has 2 heterocycles. The summed E-state index contributed by atoms with van der Waals surface area (Å²) < 4.78 is 0. The molecule has 0 fully saturated rings. The molecular formula is C26H40N2O2. The van der Waals surface area contributed by atoms with Crippen molar-refractivity contribution in [3.8, 4) is 0 Å². The molecule has 0 unspecified atom stereocenters. The number of hydrogen-bond acceptors (Lipinski definition) is 2. The third kappa shape index (κ3) is 5.33. The van der Waals surface area contributed by atoms with Crippen molar-refractivity contribution < 1.29 is 0 Å². The summed E-state index contributed by atoms with van der Waals surface area (Å²) in [5, 5.41) is 0. The van der Waals surface area contributed by atoms with Gasteiger partial charge in [-0.1, -0.05) is 69.2 Å². The minimum atomic E-state index is -0.305. The van der Waals surface area contributed by atoms with Crippen LogP contribution in [0.3, 0.4) is 0 Å². The largest absolute Gasteiger partial charge is 0.329 e. The Balaban J connectivity index is 2.36. The lowest BCUT2D eigenvalue weighted by Gasteiger charge is -2.32. The Morgan fingerprint density at radius 2 is 0.900 bits per heavy atom. The van der Waals surface area contributed by atoms with Gasteiger partial charge in [0.25, 0.3) is 11.1 Å². The topological polar surface area (TPSA) is 65.7 Å². The molecule has 0 aliphatic heterocycles. The average Bonchev–Trinajstić information content (AvgIpc) is 2.58. The highest BCUT2D eigenvalue weighted by atomic mass is 16.1. The number of hydrogen-bond donors (Lipinski definition) is 2. The van der Waals surface area contributed by atoms with Gasteiger partial charge in [0.05, 0.1) is 0 Å². The number of aromatic nitrogens is 2. The highest BCUT2D eigenvalue weighted by molar-refractivity contribution is 5.31. The molecule has 0 aliphatic carbocycles. The van der Waals surface area contributed by atoms with Crippen LogP contribution in [-0.4, -0.2) is 9.97 Å². The van der Waals surface area contributed by atoms with Crippen molar-refractivity contribution in [2.45, 2.75) is 104 Å². The lowest BCUT2D eigenvalue weighted by Crippen LogP contribution is -2.33. The molecule has 0 amide bonds. The minimum absolute atomic E-state index is 0.0293. The van der Waals surface area contributed by atoms with E-state index >= 15 is 0 Å². The molecule has 0 spiro atoms. The zero-order valence-corrected chi connectivity index (χ0v) is 20.5. The Labute approximate surface area is 181 Å². The van der Waals surface area contributed by atoms with Crippen LogP contribution >= 0.6 is 0 Å². The van der Waals surface area contributed by atoms with Crippen LogP contribution in [0.15, 0.2) is 34.1 Å². The molecule has 0 aliphatic rings.